The molecule has 1 fully saturated rings. The summed E-state index contributed by atoms with van der Waals surface area (Å²) in [6, 6.07) is 9.29. The number of hydrogen-bond donors (Lipinski definition) is 1. The van der Waals surface area contributed by atoms with E-state index in [2.05, 4.69) is 59.0 Å². The Morgan fingerprint density at radius 1 is 1.25 bits per heavy atom. The van der Waals surface area contributed by atoms with Crippen LogP contribution in [0.2, 0.25) is 0 Å². The van der Waals surface area contributed by atoms with Gasteiger partial charge in [0.05, 0.1) is 0 Å². The third-order valence-electron chi connectivity index (χ3n) is 3.89. The Kier molecular flexibility index (Phi) is 4.87. The minimum absolute atomic E-state index is 0.435. The fourth-order valence-corrected chi connectivity index (χ4v) is 5.52. The van der Waals surface area contributed by atoms with Crippen molar-refractivity contribution in [2.45, 2.75) is 37.0 Å². The van der Waals surface area contributed by atoms with E-state index in [9.17, 15) is 0 Å². The molecule has 4 heteroatoms. The molecule has 1 saturated heterocycles. The number of thioether (sulfide) groups is 1. The number of rotatable bonds is 6. The van der Waals surface area contributed by atoms with Crippen LogP contribution in [0.25, 0.3) is 0 Å². The van der Waals surface area contributed by atoms with E-state index in [4.69, 9.17) is 0 Å². The van der Waals surface area contributed by atoms with Crippen LogP contribution >= 0.6 is 34.4 Å². The molecule has 3 rings (SSSR count). The molecule has 1 aliphatic rings. The van der Waals surface area contributed by atoms with Gasteiger partial charge in [-0.1, -0.05) is 12.1 Å². The van der Waals surface area contributed by atoms with Gasteiger partial charge in [0.2, 0.25) is 0 Å². The van der Waals surface area contributed by atoms with Crippen LogP contribution in [0.4, 0.5) is 0 Å². The molecule has 1 N–H and O–H groups in total. The maximum absolute atomic E-state index is 3.84. The molecule has 0 radical (unpaired) electrons. The smallest absolute Gasteiger partial charge is 0.0464 e. The highest BCUT2D eigenvalue weighted by Crippen LogP contribution is 2.37. The molecule has 0 bridgehead atoms. The lowest BCUT2D eigenvalue weighted by Crippen LogP contribution is -2.35. The molecule has 0 amide bonds. The average molecular weight is 324 g/mol. The van der Waals surface area contributed by atoms with Crippen molar-refractivity contribution < 1.29 is 0 Å². The summed E-state index contributed by atoms with van der Waals surface area (Å²) in [5.74, 6) is 1.33. The summed E-state index contributed by atoms with van der Waals surface area (Å²) in [4.78, 5) is 2.94. The predicted molar refractivity (Wildman–Crippen MR) is 93.2 cm³/mol. The molecule has 0 spiro atoms. The summed E-state index contributed by atoms with van der Waals surface area (Å²) < 4.78 is 0.435. The first kappa shape index (κ1) is 14.6. The van der Waals surface area contributed by atoms with E-state index in [1.807, 2.05) is 22.7 Å². The van der Waals surface area contributed by atoms with Gasteiger partial charge >= 0.3 is 0 Å². The van der Waals surface area contributed by atoms with Crippen LogP contribution in [0.5, 0.6) is 0 Å². The van der Waals surface area contributed by atoms with Crippen LogP contribution < -0.4 is 5.32 Å². The second-order valence-corrected chi connectivity index (χ2v) is 9.33. The van der Waals surface area contributed by atoms with E-state index in [-0.39, 0.29) is 0 Å². The van der Waals surface area contributed by atoms with Crippen LogP contribution in [-0.2, 0) is 6.42 Å². The summed E-state index contributed by atoms with van der Waals surface area (Å²) in [6.45, 7) is 3.53. The molecular formula is C16H21NS3. The minimum atomic E-state index is 0.435. The third-order valence-corrected chi connectivity index (χ3v) is 7.32. The second-order valence-electron chi connectivity index (χ2n) is 5.63. The number of nitrogens with one attached hydrogen (secondary N) is 1. The van der Waals surface area contributed by atoms with Crippen LogP contribution in [0.3, 0.4) is 0 Å². The monoisotopic (exact) mass is 323 g/mol. The highest BCUT2D eigenvalue weighted by molar-refractivity contribution is 8.00. The standard InChI is InChI=1S/C16H21NS3/c1-16(7-4-10-20-16)12-17-14(15-6-3-9-19-15)11-13-5-2-8-18-13/h2-3,5-6,8-9,14,17H,4,7,10-12H2,1H3. The van der Waals surface area contributed by atoms with Crippen molar-refractivity contribution in [1.29, 1.82) is 0 Å². The van der Waals surface area contributed by atoms with Crippen LogP contribution in [0.15, 0.2) is 35.0 Å². The lowest BCUT2D eigenvalue weighted by molar-refractivity contribution is 0.474. The van der Waals surface area contributed by atoms with Crippen molar-refractivity contribution in [2.24, 2.45) is 0 Å². The van der Waals surface area contributed by atoms with Crippen LogP contribution in [0, 0.1) is 0 Å². The topological polar surface area (TPSA) is 12.0 Å². The molecule has 2 aromatic rings. The molecule has 1 nitrogen and oxygen atoms in total. The largest absolute Gasteiger partial charge is 0.308 e. The first-order chi connectivity index (χ1) is 9.75. The lowest BCUT2D eigenvalue weighted by atomic mass is 10.0. The van der Waals surface area contributed by atoms with Gasteiger partial charge in [0, 0.05) is 33.5 Å². The zero-order valence-corrected chi connectivity index (χ0v) is 14.3. The van der Waals surface area contributed by atoms with Gasteiger partial charge in [-0.2, -0.15) is 11.8 Å². The number of thiophene rings is 2. The Bertz CT molecular complexity index is 498. The zero-order valence-electron chi connectivity index (χ0n) is 11.8. The molecule has 2 aromatic heterocycles. The molecule has 2 atom stereocenters. The second kappa shape index (κ2) is 6.65. The molecule has 2 unspecified atom stereocenters. The fraction of sp³-hybridized carbons (Fsp3) is 0.500. The quantitative estimate of drug-likeness (QED) is 0.805. The zero-order chi connectivity index (χ0) is 13.8. The maximum Gasteiger partial charge on any atom is 0.0464 e. The Labute approximate surface area is 133 Å². The molecule has 3 heterocycles. The Hall–Kier alpha value is -0.290. The molecule has 0 aromatic carbocycles. The van der Waals surface area contributed by atoms with Crippen molar-refractivity contribution in [2.75, 3.05) is 12.3 Å². The van der Waals surface area contributed by atoms with Gasteiger partial charge in [0.25, 0.3) is 0 Å². The van der Waals surface area contributed by atoms with Gasteiger partial charge in [-0.25, -0.2) is 0 Å². The van der Waals surface area contributed by atoms with Crippen molar-refractivity contribution in [3.63, 3.8) is 0 Å². The van der Waals surface area contributed by atoms with Crippen molar-refractivity contribution in [3.05, 3.63) is 44.8 Å². The summed E-state index contributed by atoms with van der Waals surface area (Å²) >= 11 is 5.87. The van der Waals surface area contributed by atoms with Gasteiger partial charge < -0.3 is 5.32 Å². The van der Waals surface area contributed by atoms with Gasteiger partial charge in [-0.3, -0.25) is 0 Å². The van der Waals surface area contributed by atoms with Gasteiger partial charge in [-0.15, -0.1) is 22.7 Å². The van der Waals surface area contributed by atoms with E-state index < -0.39 is 0 Å². The Morgan fingerprint density at radius 2 is 2.10 bits per heavy atom. The van der Waals surface area contributed by atoms with Crippen LogP contribution in [0.1, 0.15) is 35.6 Å². The van der Waals surface area contributed by atoms with Crippen molar-refractivity contribution in [1.82, 2.24) is 5.32 Å². The van der Waals surface area contributed by atoms with Crippen molar-refractivity contribution >= 4 is 34.4 Å². The first-order valence-electron chi connectivity index (χ1n) is 7.18. The molecular weight excluding hydrogens is 302 g/mol. The van der Waals surface area contributed by atoms with E-state index in [0.717, 1.165) is 13.0 Å². The first-order valence-corrected chi connectivity index (χ1v) is 9.93. The summed E-state index contributed by atoms with van der Waals surface area (Å²) in [5.41, 5.74) is 0. The van der Waals surface area contributed by atoms with E-state index >= 15 is 0 Å². The Balaban J connectivity index is 1.66. The molecule has 20 heavy (non-hydrogen) atoms. The predicted octanol–water partition coefficient (Wildman–Crippen LogP) is 4.97. The van der Waals surface area contributed by atoms with E-state index in [0.29, 0.717) is 10.8 Å². The van der Waals surface area contributed by atoms with Gasteiger partial charge in [-0.05, 0) is 48.4 Å². The van der Waals surface area contributed by atoms with E-state index in [1.54, 1.807) is 0 Å². The highest BCUT2D eigenvalue weighted by Gasteiger charge is 2.30. The van der Waals surface area contributed by atoms with Crippen LogP contribution in [-0.4, -0.2) is 17.0 Å². The lowest BCUT2D eigenvalue weighted by Gasteiger charge is -2.26. The highest BCUT2D eigenvalue weighted by atomic mass is 32.2. The SMILES string of the molecule is CC1(CNC(Cc2cccs2)c2cccs2)CCCS1. The average Bonchev–Trinajstić information content (AvgIpc) is 3.17. The summed E-state index contributed by atoms with van der Waals surface area (Å²) in [5, 5.41) is 8.20. The van der Waals surface area contributed by atoms with E-state index in [1.165, 1.54) is 28.3 Å². The fourth-order valence-electron chi connectivity index (χ4n) is 2.71. The van der Waals surface area contributed by atoms with Gasteiger partial charge in [0.15, 0.2) is 0 Å². The molecule has 1 aliphatic heterocycles. The third kappa shape index (κ3) is 3.67. The summed E-state index contributed by atoms with van der Waals surface area (Å²) in [6.07, 6.45) is 3.83. The van der Waals surface area contributed by atoms with Crippen molar-refractivity contribution in [3.8, 4) is 0 Å². The normalized spacial score (nSPS) is 24.1. The number of hydrogen-bond acceptors (Lipinski definition) is 4. The Morgan fingerprint density at radius 3 is 2.75 bits per heavy atom. The summed E-state index contributed by atoms with van der Waals surface area (Å²) in [7, 11) is 0. The molecule has 0 aliphatic carbocycles. The maximum atomic E-state index is 3.84. The minimum Gasteiger partial charge on any atom is -0.308 e. The molecule has 108 valence electrons. The molecule has 0 saturated carbocycles. The van der Waals surface area contributed by atoms with Gasteiger partial charge in [0.1, 0.15) is 0 Å².